The molecule has 0 aliphatic carbocycles. The highest BCUT2D eigenvalue weighted by Crippen LogP contribution is 2.11. The quantitative estimate of drug-likeness (QED) is 0.737. The maximum atomic E-state index is 11.9. The molecule has 0 radical (unpaired) electrons. The third-order valence-corrected chi connectivity index (χ3v) is 2.59. The SMILES string of the molecule is COc1ccc(C(=O)Cn2ncn(C)c2=O)cc1. The number of aromatic nitrogens is 3. The first-order valence-corrected chi connectivity index (χ1v) is 5.37. The van der Waals surface area contributed by atoms with Crippen molar-refractivity contribution in [2.24, 2.45) is 7.05 Å². The lowest BCUT2D eigenvalue weighted by molar-refractivity contribution is 0.0966. The summed E-state index contributed by atoms with van der Waals surface area (Å²) in [7, 11) is 3.15. The molecule has 0 spiro atoms. The zero-order chi connectivity index (χ0) is 13.1. The smallest absolute Gasteiger partial charge is 0.345 e. The molecule has 0 aliphatic rings. The van der Waals surface area contributed by atoms with E-state index in [2.05, 4.69) is 5.10 Å². The minimum Gasteiger partial charge on any atom is -0.497 e. The Kier molecular flexibility index (Phi) is 3.27. The largest absolute Gasteiger partial charge is 0.497 e. The fourth-order valence-electron chi connectivity index (χ4n) is 1.53. The molecule has 0 saturated carbocycles. The molecule has 2 rings (SSSR count). The number of hydrogen-bond acceptors (Lipinski definition) is 4. The molecule has 6 nitrogen and oxygen atoms in total. The van der Waals surface area contributed by atoms with Crippen molar-refractivity contribution in [1.29, 1.82) is 0 Å². The number of hydrogen-bond donors (Lipinski definition) is 0. The first kappa shape index (κ1) is 12.1. The van der Waals surface area contributed by atoms with Crippen LogP contribution in [0, 0.1) is 0 Å². The zero-order valence-corrected chi connectivity index (χ0v) is 10.2. The second-order valence-corrected chi connectivity index (χ2v) is 3.83. The van der Waals surface area contributed by atoms with E-state index in [9.17, 15) is 9.59 Å². The summed E-state index contributed by atoms with van der Waals surface area (Å²) in [6.45, 7) is -0.0635. The predicted molar refractivity (Wildman–Crippen MR) is 64.8 cm³/mol. The lowest BCUT2D eigenvalue weighted by atomic mass is 10.1. The van der Waals surface area contributed by atoms with Gasteiger partial charge in [-0.25, -0.2) is 9.48 Å². The van der Waals surface area contributed by atoms with E-state index in [1.165, 1.54) is 10.9 Å². The number of nitrogens with zero attached hydrogens (tertiary/aromatic N) is 3. The summed E-state index contributed by atoms with van der Waals surface area (Å²) in [4.78, 5) is 23.5. The van der Waals surface area contributed by atoms with Crippen LogP contribution in [0.4, 0.5) is 0 Å². The van der Waals surface area contributed by atoms with E-state index in [0.717, 1.165) is 4.68 Å². The van der Waals surface area contributed by atoms with Crippen LogP contribution in [0.5, 0.6) is 5.75 Å². The second-order valence-electron chi connectivity index (χ2n) is 3.83. The summed E-state index contributed by atoms with van der Waals surface area (Å²) in [6.07, 6.45) is 1.38. The van der Waals surface area contributed by atoms with E-state index in [4.69, 9.17) is 4.74 Å². The molecule has 0 N–H and O–H groups in total. The highest BCUT2D eigenvalue weighted by atomic mass is 16.5. The molecule has 1 heterocycles. The van der Waals surface area contributed by atoms with Crippen LogP contribution in [0.3, 0.4) is 0 Å². The van der Waals surface area contributed by atoms with Crippen molar-refractivity contribution in [3.05, 3.63) is 46.6 Å². The number of rotatable bonds is 4. The summed E-state index contributed by atoms with van der Waals surface area (Å²) >= 11 is 0. The summed E-state index contributed by atoms with van der Waals surface area (Å²) in [5.41, 5.74) is 0.213. The van der Waals surface area contributed by atoms with Gasteiger partial charge in [-0.3, -0.25) is 9.36 Å². The normalized spacial score (nSPS) is 10.3. The van der Waals surface area contributed by atoms with Crippen LogP contribution >= 0.6 is 0 Å². The number of carbonyl (C=O) groups excluding carboxylic acids is 1. The first-order valence-electron chi connectivity index (χ1n) is 5.37. The van der Waals surface area contributed by atoms with Gasteiger partial charge in [-0.1, -0.05) is 0 Å². The molecule has 0 fully saturated rings. The van der Waals surface area contributed by atoms with Crippen molar-refractivity contribution in [3.63, 3.8) is 0 Å². The van der Waals surface area contributed by atoms with Crippen LogP contribution < -0.4 is 10.4 Å². The molecule has 1 aromatic carbocycles. The summed E-state index contributed by atoms with van der Waals surface area (Å²) in [5.74, 6) is 0.514. The van der Waals surface area contributed by atoms with Gasteiger partial charge in [-0.2, -0.15) is 5.10 Å². The number of aryl methyl sites for hydroxylation is 1. The van der Waals surface area contributed by atoms with Crippen LogP contribution in [0.25, 0.3) is 0 Å². The van der Waals surface area contributed by atoms with Crippen molar-refractivity contribution in [2.45, 2.75) is 6.54 Å². The molecule has 0 saturated heterocycles. The Morgan fingerprint density at radius 2 is 2.00 bits per heavy atom. The first-order chi connectivity index (χ1) is 8.61. The Morgan fingerprint density at radius 1 is 1.33 bits per heavy atom. The maximum Gasteiger partial charge on any atom is 0.345 e. The van der Waals surface area contributed by atoms with Crippen LogP contribution in [0.1, 0.15) is 10.4 Å². The molecule has 0 aliphatic heterocycles. The molecule has 6 heteroatoms. The lowest BCUT2D eigenvalue weighted by Gasteiger charge is -2.02. The topological polar surface area (TPSA) is 66.1 Å². The molecule has 0 amide bonds. The van der Waals surface area contributed by atoms with Crippen molar-refractivity contribution in [3.8, 4) is 5.75 Å². The monoisotopic (exact) mass is 247 g/mol. The summed E-state index contributed by atoms with van der Waals surface area (Å²) in [6, 6.07) is 6.73. The molecule has 0 unspecified atom stereocenters. The number of methoxy groups -OCH3 is 1. The van der Waals surface area contributed by atoms with Gasteiger partial charge in [-0.05, 0) is 24.3 Å². The molecular formula is C12H13N3O3. The zero-order valence-electron chi connectivity index (χ0n) is 10.2. The Balaban J connectivity index is 2.16. The van der Waals surface area contributed by atoms with Crippen LogP contribution in [0.15, 0.2) is 35.4 Å². The van der Waals surface area contributed by atoms with Gasteiger partial charge in [0.25, 0.3) is 0 Å². The van der Waals surface area contributed by atoms with Gasteiger partial charge >= 0.3 is 5.69 Å². The number of Topliss-reactive ketones (excluding diaryl/α,β-unsaturated/α-hetero) is 1. The van der Waals surface area contributed by atoms with Gasteiger partial charge < -0.3 is 4.74 Å². The molecule has 1 aromatic heterocycles. The van der Waals surface area contributed by atoms with Crippen LogP contribution in [-0.2, 0) is 13.6 Å². The molecule has 94 valence electrons. The Hall–Kier alpha value is -2.37. The van der Waals surface area contributed by atoms with Crippen molar-refractivity contribution in [2.75, 3.05) is 7.11 Å². The fourth-order valence-corrected chi connectivity index (χ4v) is 1.53. The Morgan fingerprint density at radius 3 is 2.50 bits per heavy atom. The molecule has 0 bridgehead atoms. The third kappa shape index (κ3) is 2.32. The maximum absolute atomic E-state index is 11.9. The number of ketones is 1. The van der Waals surface area contributed by atoms with Crippen molar-refractivity contribution in [1.82, 2.24) is 14.3 Å². The van der Waals surface area contributed by atoms with E-state index >= 15 is 0 Å². The van der Waals surface area contributed by atoms with E-state index < -0.39 is 0 Å². The second kappa shape index (κ2) is 4.87. The average Bonchev–Trinajstić information content (AvgIpc) is 2.71. The minimum absolute atomic E-state index is 0.0635. The fraction of sp³-hybridized carbons (Fsp3) is 0.250. The number of carbonyl (C=O) groups is 1. The standard InChI is InChI=1S/C12H13N3O3/c1-14-8-13-15(12(14)17)7-11(16)9-3-5-10(18-2)6-4-9/h3-6,8H,7H2,1-2H3. The molecular weight excluding hydrogens is 234 g/mol. The average molecular weight is 247 g/mol. The summed E-state index contributed by atoms with van der Waals surface area (Å²) in [5, 5.41) is 3.84. The van der Waals surface area contributed by atoms with Crippen molar-refractivity contribution < 1.29 is 9.53 Å². The lowest BCUT2D eigenvalue weighted by Crippen LogP contribution is -2.26. The molecule has 18 heavy (non-hydrogen) atoms. The Labute approximate surface area is 103 Å². The van der Waals surface area contributed by atoms with Crippen molar-refractivity contribution >= 4 is 5.78 Å². The highest BCUT2D eigenvalue weighted by molar-refractivity contribution is 5.95. The van der Waals surface area contributed by atoms with E-state index in [-0.39, 0.29) is 18.0 Å². The van der Waals surface area contributed by atoms with Crippen LogP contribution in [0.2, 0.25) is 0 Å². The minimum atomic E-state index is -0.308. The van der Waals surface area contributed by atoms with Gasteiger partial charge in [0, 0.05) is 12.6 Å². The molecule has 0 atom stereocenters. The van der Waals surface area contributed by atoms with Gasteiger partial charge in [0.2, 0.25) is 0 Å². The predicted octanol–water partition coefficient (Wildman–Crippen LogP) is 0.473. The highest BCUT2D eigenvalue weighted by Gasteiger charge is 2.10. The number of benzene rings is 1. The van der Waals surface area contributed by atoms with Gasteiger partial charge in [0.05, 0.1) is 7.11 Å². The van der Waals surface area contributed by atoms with Gasteiger partial charge in [0.15, 0.2) is 5.78 Å². The van der Waals surface area contributed by atoms with Gasteiger partial charge in [-0.15, -0.1) is 0 Å². The summed E-state index contributed by atoms with van der Waals surface area (Å²) < 4.78 is 7.46. The van der Waals surface area contributed by atoms with E-state index in [1.54, 1.807) is 38.4 Å². The van der Waals surface area contributed by atoms with Gasteiger partial charge in [0.1, 0.15) is 18.6 Å². The van der Waals surface area contributed by atoms with E-state index in [0.29, 0.717) is 11.3 Å². The van der Waals surface area contributed by atoms with E-state index in [1.807, 2.05) is 0 Å². The molecule has 2 aromatic rings. The van der Waals surface area contributed by atoms with Crippen LogP contribution in [-0.4, -0.2) is 27.2 Å². The number of ether oxygens (including phenoxy) is 1. The Bertz CT molecular complexity index is 610. The third-order valence-electron chi connectivity index (χ3n) is 2.59.